The zero-order chi connectivity index (χ0) is 16.0. The third-order valence-corrected chi connectivity index (χ3v) is 4.89. The molecule has 1 fully saturated rings. The van der Waals surface area contributed by atoms with Crippen molar-refractivity contribution in [2.45, 2.75) is 45.4 Å². The maximum Gasteiger partial charge on any atom is 0.227 e. The lowest BCUT2D eigenvalue weighted by Crippen LogP contribution is -2.50. The Labute approximate surface area is 133 Å². The molecular weight excluding hydrogens is 296 g/mol. The van der Waals surface area contributed by atoms with E-state index in [0.717, 1.165) is 35.6 Å². The molecule has 1 saturated heterocycles. The molecule has 0 aromatic carbocycles. The summed E-state index contributed by atoms with van der Waals surface area (Å²) in [4.78, 5) is 14.6. The number of hydrogen-bond donors (Lipinski definition) is 1. The number of carbonyl (C=O) groups is 1. The second-order valence-corrected chi connectivity index (χ2v) is 6.30. The van der Waals surface area contributed by atoms with E-state index in [2.05, 4.69) is 20.5 Å². The zero-order valence-electron chi connectivity index (χ0n) is 13.3. The molecule has 4 rings (SSSR count). The maximum absolute atomic E-state index is 12.7. The van der Waals surface area contributed by atoms with E-state index >= 15 is 0 Å². The van der Waals surface area contributed by atoms with Crippen molar-refractivity contribution in [1.82, 2.24) is 30.1 Å². The van der Waals surface area contributed by atoms with Crippen LogP contribution < -0.4 is 0 Å². The Morgan fingerprint density at radius 2 is 2.35 bits per heavy atom. The van der Waals surface area contributed by atoms with Crippen LogP contribution in [0.1, 0.15) is 35.1 Å². The number of fused-ring (bicyclic) bond motifs is 3. The van der Waals surface area contributed by atoms with Crippen molar-refractivity contribution in [3.8, 4) is 0 Å². The summed E-state index contributed by atoms with van der Waals surface area (Å²) in [6.45, 7) is 5.77. The van der Waals surface area contributed by atoms with Gasteiger partial charge in [0, 0.05) is 24.3 Å². The van der Waals surface area contributed by atoms with Gasteiger partial charge < -0.3 is 9.64 Å². The van der Waals surface area contributed by atoms with Gasteiger partial charge in [0.2, 0.25) is 5.91 Å². The predicted molar refractivity (Wildman–Crippen MR) is 80.6 cm³/mol. The molecule has 8 heteroatoms. The number of aryl methyl sites for hydroxylation is 2. The fourth-order valence-corrected chi connectivity index (χ4v) is 3.50. The second-order valence-electron chi connectivity index (χ2n) is 6.30. The molecule has 122 valence electrons. The third kappa shape index (κ3) is 2.42. The minimum absolute atomic E-state index is 0.0606. The molecule has 2 aliphatic rings. The Hall–Kier alpha value is -2.22. The molecule has 0 unspecified atom stereocenters. The SMILES string of the molecule is Cc1n[nH]c(C)c1CC(=O)N1CC[C@H]2OCc3cnnn3[C@H]2C1. The zero-order valence-corrected chi connectivity index (χ0v) is 13.3. The molecular formula is C15H20N6O2. The largest absolute Gasteiger partial charge is 0.370 e. The molecule has 0 radical (unpaired) electrons. The molecule has 0 saturated carbocycles. The molecule has 4 heterocycles. The van der Waals surface area contributed by atoms with E-state index in [1.807, 2.05) is 23.4 Å². The van der Waals surface area contributed by atoms with Gasteiger partial charge in [0.25, 0.3) is 0 Å². The Balaban J connectivity index is 1.50. The van der Waals surface area contributed by atoms with E-state index in [4.69, 9.17) is 4.74 Å². The van der Waals surface area contributed by atoms with Crippen molar-refractivity contribution in [2.24, 2.45) is 0 Å². The molecule has 1 N–H and O–H groups in total. The summed E-state index contributed by atoms with van der Waals surface area (Å²) in [6, 6.07) is 0.0606. The smallest absolute Gasteiger partial charge is 0.227 e. The molecule has 0 spiro atoms. The number of ether oxygens (including phenoxy) is 1. The number of nitrogens with one attached hydrogen (secondary N) is 1. The van der Waals surface area contributed by atoms with Crippen LogP contribution in [0.5, 0.6) is 0 Å². The minimum atomic E-state index is 0.0606. The van der Waals surface area contributed by atoms with Gasteiger partial charge >= 0.3 is 0 Å². The number of rotatable bonds is 2. The number of likely N-dealkylation sites (tertiary alicyclic amines) is 1. The third-order valence-electron chi connectivity index (χ3n) is 4.89. The van der Waals surface area contributed by atoms with Gasteiger partial charge in [-0.3, -0.25) is 9.89 Å². The summed E-state index contributed by atoms with van der Waals surface area (Å²) >= 11 is 0. The van der Waals surface area contributed by atoms with Crippen LogP contribution in [-0.2, 0) is 22.6 Å². The van der Waals surface area contributed by atoms with Crippen LogP contribution in [0.15, 0.2) is 6.20 Å². The van der Waals surface area contributed by atoms with E-state index in [-0.39, 0.29) is 18.1 Å². The highest BCUT2D eigenvalue weighted by Crippen LogP contribution is 2.30. The second kappa shape index (κ2) is 5.45. The van der Waals surface area contributed by atoms with Crippen LogP contribution in [0.25, 0.3) is 0 Å². The molecule has 2 aromatic rings. The van der Waals surface area contributed by atoms with Gasteiger partial charge in [0.15, 0.2) is 0 Å². The Bertz CT molecular complexity index is 717. The van der Waals surface area contributed by atoms with Crippen LogP contribution in [0.4, 0.5) is 0 Å². The van der Waals surface area contributed by atoms with Crippen molar-refractivity contribution >= 4 is 5.91 Å². The first kappa shape index (κ1) is 14.4. The lowest BCUT2D eigenvalue weighted by molar-refractivity contribution is -0.137. The summed E-state index contributed by atoms with van der Waals surface area (Å²) in [7, 11) is 0. The fourth-order valence-electron chi connectivity index (χ4n) is 3.50. The number of aromatic nitrogens is 5. The number of piperidine rings is 1. The van der Waals surface area contributed by atoms with Gasteiger partial charge in [0.1, 0.15) is 0 Å². The predicted octanol–water partition coefficient (Wildman–Crippen LogP) is 0.533. The van der Waals surface area contributed by atoms with Crippen molar-refractivity contribution in [2.75, 3.05) is 13.1 Å². The first-order valence-corrected chi connectivity index (χ1v) is 7.92. The molecule has 8 nitrogen and oxygen atoms in total. The average molecular weight is 316 g/mol. The summed E-state index contributed by atoms with van der Waals surface area (Å²) in [5, 5.41) is 15.2. The van der Waals surface area contributed by atoms with Crippen LogP contribution >= 0.6 is 0 Å². The number of hydrogen-bond acceptors (Lipinski definition) is 5. The highest BCUT2D eigenvalue weighted by molar-refractivity contribution is 5.79. The Morgan fingerprint density at radius 3 is 3.13 bits per heavy atom. The fraction of sp³-hybridized carbons (Fsp3) is 0.600. The molecule has 0 bridgehead atoms. The van der Waals surface area contributed by atoms with E-state index in [1.54, 1.807) is 6.20 Å². The van der Waals surface area contributed by atoms with E-state index in [1.165, 1.54) is 0 Å². The minimum Gasteiger partial charge on any atom is -0.370 e. The molecule has 2 aromatic heterocycles. The number of carbonyl (C=O) groups excluding carboxylic acids is 1. The van der Waals surface area contributed by atoms with E-state index in [0.29, 0.717) is 19.6 Å². The quantitative estimate of drug-likeness (QED) is 0.873. The van der Waals surface area contributed by atoms with Crippen molar-refractivity contribution in [3.05, 3.63) is 28.8 Å². The molecule has 2 atom stereocenters. The molecule has 23 heavy (non-hydrogen) atoms. The van der Waals surface area contributed by atoms with Gasteiger partial charge in [-0.05, 0) is 20.3 Å². The average Bonchev–Trinajstić information content (AvgIpc) is 3.16. The number of H-pyrrole nitrogens is 1. The van der Waals surface area contributed by atoms with Crippen LogP contribution in [0, 0.1) is 13.8 Å². The first-order valence-electron chi connectivity index (χ1n) is 7.92. The molecule has 2 aliphatic heterocycles. The Morgan fingerprint density at radius 1 is 1.48 bits per heavy atom. The van der Waals surface area contributed by atoms with E-state index in [9.17, 15) is 4.79 Å². The van der Waals surface area contributed by atoms with E-state index < -0.39 is 0 Å². The van der Waals surface area contributed by atoms with Gasteiger partial charge in [-0.2, -0.15) is 5.10 Å². The van der Waals surface area contributed by atoms with Crippen LogP contribution in [0.3, 0.4) is 0 Å². The summed E-state index contributed by atoms with van der Waals surface area (Å²) in [6.07, 6.45) is 3.07. The number of aromatic amines is 1. The maximum atomic E-state index is 12.7. The highest BCUT2D eigenvalue weighted by atomic mass is 16.5. The molecule has 1 amide bonds. The molecule has 0 aliphatic carbocycles. The van der Waals surface area contributed by atoms with Gasteiger partial charge in [-0.25, -0.2) is 4.68 Å². The normalized spacial score (nSPS) is 23.5. The number of amides is 1. The van der Waals surface area contributed by atoms with Crippen molar-refractivity contribution in [1.29, 1.82) is 0 Å². The Kier molecular flexibility index (Phi) is 3.41. The van der Waals surface area contributed by atoms with Crippen molar-refractivity contribution < 1.29 is 9.53 Å². The summed E-state index contributed by atoms with van der Waals surface area (Å²) < 4.78 is 7.80. The summed E-state index contributed by atoms with van der Waals surface area (Å²) in [5.41, 5.74) is 3.83. The van der Waals surface area contributed by atoms with Gasteiger partial charge in [0.05, 0.1) is 42.8 Å². The number of nitrogens with zero attached hydrogens (tertiary/aromatic N) is 5. The van der Waals surface area contributed by atoms with Crippen molar-refractivity contribution in [3.63, 3.8) is 0 Å². The van der Waals surface area contributed by atoms with Gasteiger partial charge in [-0.1, -0.05) is 5.21 Å². The highest BCUT2D eigenvalue weighted by Gasteiger charge is 2.37. The topological polar surface area (TPSA) is 88.9 Å². The lowest BCUT2D eigenvalue weighted by atomic mass is 9.99. The standard InChI is InChI=1S/C15H20N6O2/c1-9-12(10(2)18-17-9)5-15(22)20-4-3-14-13(7-20)21-11(8-23-14)6-16-19-21/h6,13-14H,3-5,7-8H2,1-2H3,(H,17,18)/t13-,14+/m0/s1. The monoisotopic (exact) mass is 316 g/mol. The summed E-state index contributed by atoms with van der Waals surface area (Å²) in [5.74, 6) is 0.128. The first-order chi connectivity index (χ1) is 11.1. The van der Waals surface area contributed by atoms with Crippen LogP contribution in [0.2, 0.25) is 0 Å². The lowest BCUT2D eigenvalue weighted by Gasteiger charge is -2.41. The van der Waals surface area contributed by atoms with Gasteiger partial charge in [-0.15, -0.1) is 5.10 Å². The van der Waals surface area contributed by atoms with Crippen LogP contribution in [-0.4, -0.2) is 55.2 Å².